The number of rotatable bonds is 0. The van der Waals surface area contributed by atoms with Gasteiger partial charge in [-0.1, -0.05) is 0 Å². The molecule has 0 aromatic rings. The summed E-state index contributed by atoms with van der Waals surface area (Å²) in [5, 5.41) is 0. The van der Waals surface area contributed by atoms with E-state index in [0.29, 0.717) is 6.04 Å². The van der Waals surface area contributed by atoms with Crippen molar-refractivity contribution < 1.29 is 0 Å². The summed E-state index contributed by atoms with van der Waals surface area (Å²) in [5.74, 6) is 0.801. The highest BCUT2D eigenvalue weighted by atomic mass is 15.2. The summed E-state index contributed by atoms with van der Waals surface area (Å²) in [4.78, 5) is 2.47. The van der Waals surface area contributed by atoms with Crippen LogP contribution in [0.15, 0.2) is 0 Å². The number of nitrogens with zero attached hydrogens (tertiary/aromatic N) is 1. The minimum atomic E-state index is 0.509. The van der Waals surface area contributed by atoms with Gasteiger partial charge in [-0.05, 0) is 32.2 Å². The fraction of sp³-hybridized carbons (Fsp3) is 1.00. The van der Waals surface area contributed by atoms with E-state index in [1.165, 1.54) is 25.8 Å². The summed E-state index contributed by atoms with van der Waals surface area (Å²) in [7, 11) is 2.22. The minimum Gasteiger partial charge on any atom is -0.327 e. The van der Waals surface area contributed by atoms with Crippen molar-refractivity contribution in [1.29, 1.82) is 0 Å². The van der Waals surface area contributed by atoms with E-state index >= 15 is 0 Å². The van der Waals surface area contributed by atoms with E-state index in [9.17, 15) is 0 Å². The number of hydrogen-bond acceptors (Lipinski definition) is 2. The average molecular weight is 140 g/mol. The molecule has 3 fully saturated rings. The Morgan fingerprint density at radius 2 is 2.20 bits per heavy atom. The number of hydrogen-bond donors (Lipinski definition) is 1. The van der Waals surface area contributed by atoms with Gasteiger partial charge in [0.25, 0.3) is 0 Å². The average Bonchev–Trinajstić information content (AvgIpc) is 1.91. The molecular weight excluding hydrogens is 124 g/mol. The van der Waals surface area contributed by atoms with Gasteiger partial charge in [-0.3, -0.25) is 0 Å². The summed E-state index contributed by atoms with van der Waals surface area (Å²) in [5.41, 5.74) is 5.96. The van der Waals surface area contributed by atoms with Crippen LogP contribution in [0.4, 0.5) is 0 Å². The summed E-state index contributed by atoms with van der Waals surface area (Å²) in [6, 6.07) is 1.31. The van der Waals surface area contributed by atoms with Crippen LogP contribution in [-0.2, 0) is 0 Å². The predicted octanol–water partition coefficient (Wildman–Crippen LogP) is 0.428. The van der Waals surface area contributed by atoms with Crippen LogP contribution in [-0.4, -0.2) is 30.6 Å². The SMILES string of the molecule is CN1CC2CCC1CC2N. The summed E-state index contributed by atoms with van der Waals surface area (Å²) >= 11 is 0. The first kappa shape index (κ1) is 6.62. The van der Waals surface area contributed by atoms with Crippen molar-refractivity contribution in [2.24, 2.45) is 11.7 Å². The van der Waals surface area contributed by atoms with Crippen LogP contribution in [0, 0.1) is 5.92 Å². The van der Waals surface area contributed by atoms with Crippen molar-refractivity contribution in [2.45, 2.75) is 31.3 Å². The normalized spacial score (nSPS) is 48.0. The van der Waals surface area contributed by atoms with Crippen LogP contribution >= 0.6 is 0 Å². The first-order valence-electron chi connectivity index (χ1n) is 4.23. The van der Waals surface area contributed by atoms with Gasteiger partial charge in [0.05, 0.1) is 0 Å². The van der Waals surface area contributed by atoms with Crippen LogP contribution in [0.2, 0.25) is 0 Å². The predicted molar refractivity (Wildman–Crippen MR) is 41.7 cm³/mol. The molecule has 0 radical (unpaired) electrons. The zero-order chi connectivity index (χ0) is 7.14. The lowest BCUT2D eigenvalue weighted by molar-refractivity contribution is 0.0556. The zero-order valence-electron chi connectivity index (χ0n) is 6.59. The lowest BCUT2D eigenvalue weighted by Gasteiger charge is -2.46. The van der Waals surface area contributed by atoms with E-state index in [1.807, 2.05) is 0 Å². The molecule has 2 bridgehead atoms. The standard InChI is InChI=1S/C8H16N2/c1-10-5-6-2-3-7(10)4-8(6)9/h6-8H,2-5,9H2,1H3. The van der Waals surface area contributed by atoms with Crippen molar-refractivity contribution in [3.05, 3.63) is 0 Å². The molecule has 58 valence electrons. The Morgan fingerprint density at radius 3 is 2.50 bits per heavy atom. The second kappa shape index (κ2) is 2.21. The van der Waals surface area contributed by atoms with Crippen molar-refractivity contribution in [3.63, 3.8) is 0 Å². The van der Waals surface area contributed by atoms with Gasteiger partial charge in [-0.15, -0.1) is 0 Å². The fourth-order valence-corrected chi connectivity index (χ4v) is 2.39. The largest absolute Gasteiger partial charge is 0.327 e. The topological polar surface area (TPSA) is 29.3 Å². The van der Waals surface area contributed by atoms with Gasteiger partial charge in [0.2, 0.25) is 0 Å². The quantitative estimate of drug-likeness (QED) is 0.528. The monoisotopic (exact) mass is 140 g/mol. The van der Waals surface area contributed by atoms with E-state index in [0.717, 1.165) is 12.0 Å². The third-order valence-corrected chi connectivity index (χ3v) is 3.17. The van der Waals surface area contributed by atoms with E-state index in [1.54, 1.807) is 0 Å². The molecule has 2 N–H and O–H groups in total. The number of piperidine rings is 2. The van der Waals surface area contributed by atoms with E-state index < -0.39 is 0 Å². The van der Waals surface area contributed by atoms with Gasteiger partial charge in [0.15, 0.2) is 0 Å². The third-order valence-electron chi connectivity index (χ3n) is 3.17. The molecule has 3 unspecified atom stereocenters. The first-order valence-corrected chi connectivity index (χ1v) is 4.23. The van der Waals surface area contributed by atoms with Gasteiger partial charge >= 0.3 is 0 Å². The van der Waals surface area contributed by atoms with Gasteiger partial charge in [0.1, 0.15) is 0 Å². The molecular formula is C8H16N2. The molecule has 0 amide bonds. The molecule has 2 heterocycles. The van der Waals surface area contributed by atoms with Crippen molar-refractivity contribution in [2.75, 3.05) is 13.6 Å². The molecule has 2 nitrogen and oxygen atoms in total. The molecule has 3 aliphatic rings. The Morgan fingerprint density at radius 1 is 1.40 bits per heavy atom. The maximum atomic E-state index is 5.96. The Kier molecular flexibility index (Phi) is 1.46. The smallest absolute Gasteiger partial charge is 0.0107 e. The molecule has 3 atom stereocenters. The molecule has 2 saturated heterocycles. The lowest BCUT2D eigenvalue weighted by Crippen LogP contribution is -2.55. The van der Waals surface area contributed by atoms with Gasteiger partial charge < -0.3 is 10.6 Å². The van der Waals surface area contributed by atoms with Crippen molar-refractivity contribution in [3.8, 4) is 0 Å². The van der Waals surface area contributed by atoms with Gasteiger partial charge in [0, 0.05) is 18.6 Å². The summed E-state index contributed by atoms with van der Waals surface area (Å²) < 4.78 is 0. The van der Waals surface area contributed by atoms with Crippen molar-refractivity contribution in [1.82, 2.24) is 4.90 Å². The summed E-state index contributed by atoms with van der Waals surface area (Å²) in [6.45, 7) is 1.24. The van der Waals surface area contributed by atoms with E-state index in [4.69, 9.17) is 5.73 Å². The third kappa shape index (κ3) is 0.867. The van der Waals surface area contributed by atoms with Crippen LogP contribution in [0.1, 0.15) is 19.3 Å². The number of nitrogens with two attached hydrogens (primary N) is 1. The molecule has 1 aliphatic carbocycles. The summed E-state index contributed by atoms with van der Waals surface area (Å²) in [6.07, 6.45) is 3.99. The zero-order valence-corrected chi connectivity index (χ0v) is 6.59. The fourth-order valence-electron chi connectivity index (χ4n) is 2.39. The molecule has 2 heteroatoms. The lowest BCUT2D eigenvalue weighted by atomic mass is 9.77. The maximum Gasteiger partial charge on any atom is 0.0107 e. The molecule has 0 aromatic carbocycles. The van der Waals surface area contributed by atoms with Gasteiger partial charge in [-0.25, -0.2) is 0 Å². The minimum absolute atomic E-state index is 0.509. The second-order valence-corrected chi connectivity index (χ2v) is 3.83. The highest BCUT2D eigenvalue weighted by molar-refractivity contribution is 4.93. The Labute approximate surface area is 62.4 Å². The molecule has 3 rings (SSSR count). The first-order chi connectivity index (χ1) is 4.77. The highest BCUT2D eigenvalue weighted by Crippen LogP contribution is 2.32. The Hall–Kier alpha value is -0.0800. The molecule has 1 saturated carbocycles. The van der Waals surface area contributed by atoms with E-state index in [-0.39, 0.29) is 0 Å². The molecule has 0 aromatic heterocycles. The van der Waals surface area contributed by atoms with E-state index in [2.05, 4.69) is 11.9 Å². The van der Waals surface area contributed by atoms with Crippen LogP contribution in [0.3, 0.4) is 0 Å². The Balaban J connectivity index is 2.09. The number of fused-ring (bicyclic) bond motifs is 3. The van der Waals surface area contributed by atoms with Crippen LogP contribution in [0.5, 0.6) is 0 Å². The molecule has 10 heavy (non-hydrogen) atoms. The van der Waals surface area contributed by atoms with Gasteiger partial charge in [-0.2, -0.15) is 0 Å². The van der Waals surface area contributed by atoms with Crippen molar-refractivity contribution >= 4 is 0 Å². The van der Waals surface area contributed by atoms with Crippen LogP contribution < -0.4 is 5.73 Å². The highest BCUT2D eigenvalue weighted by Gasteiger charge is 2.36. The molecule has 2 aliphatic heterocycles. The Bertz CT molecular complexity index is 119. The van der Waals surface area contributed by atoms with Crippen LogP contribution in [0.25, 0.3) is 0 Å². The molecule has 0 spiro atoms. The maximum absolute atomic E-state index is 5.96. The second-order valence-electron chi connectivity index (χ2n) is 3.83.